The van der Waals surface area contributed by atoms with Gasteiger partial charge < -0.3 is 10.4 Å². The summed E-state index contributed by atoms with van der Waals surface area (Å²) in [5.74, 6) is 0.447. The second kappa shape index (κ2) is 5.72. The summed E-state index contributed by atoms with van der Waals surface area (Å²) in [4.78, 5) is 0. The lowest BCUT2D eigenvalue weighted by atomic mass is 9.67. The Kier molecular flexibility index (Phi) is 4.38. The van der Waals surface area contributed by atoms with Crippen molar-refractivity contribution in [3.05, 3.63) is 30.1 Å². The maximum atomic E-state index is 13.3. The highest BCUT2D eigenvalue weighted by Gasteiger charge is 2.38. The highest BCUT2D eigenvalue weighted by atomic mass is 19.1. The molecule has 0 spiro atoms. The van der Waals surface area contributed by atoms with Gasteiger partial charge in [0, 0.05) is 5.69 Å². The second-order valence-electron chi connectivity index (χ2n) is 7.21. The minimum absolute atomic E-state index is 0.0976. The van der Waals surface area contributed by atoms with Crippen LogP contribution in [0.25, 0.3) is 0 Å². The van der Waals surface area contributed by atoms with Crippen molar-refractivity contribution in [3.8, 4) is 0 Å². The molecule has 0 aromatic heterocycles. The summed E-state index contributed by atoms with van der Waals surface area (Å²) in [5, 5.41) is 13.2. The van der Waals surface area contributed by atoms with Crippen LogP contribution in [0.5, 0.6) is 0 Å². The van der Waals surface area contributed by atoms with Crippen molar-refractivity contribution in [2.24, 2.45) is 11.3 Å². The van der Waals surface area contributed by atoms with Crippen molar-refractivity contribution < 1.29 is 9.50 Å². The van der Waals surface area contributed by atoms with E-state index in [2.05, 4.69) is 26.1 Å². The number of benzene rings is 1. The Bertz CT molecular complexity index is 445. The molecule has 2 rings (SSSR count). The largest absolute Gasteiger partial charge is 0.394 e. The smallest absolute Gasteiger partial charge is 0.125 e. The monoisotopic (exact) mass is 279 g/mol. The predicted octanol–water partition coefficient (Wildman–Crippen LogP) is 4.21. The fourth-order valence-corrected chi connectivity index (χ4v) is 3.23. The van der Waals surface area contributed by atoms with Crippen LogP contribution < -0.4 is 5.32 Å². The molecule has 0 amide bonds. The van der Waals surface area contributed by atoms with Gasteiger partial charge in [0.2, 0.25) is 0 Å². The summed E-state index contributed by atoms with van der Waals surface area (Å²) in [5.41, 5.74) is 0.781. The van der Waals surface area contributed by atoms with Crippen LogP contribution in [0.3, 0.4) is 0 Å². The maximum Gasteiger partial charge on any atom is 0.125 e. The number of aliphatic hydroxyl groups is 1. The fraction of sp³-hybridized carbons (Fsp3) is 0.647. The molecule has 3 heteroatoms. The molecule has 0 atom stereocenters. The van der Waals surface area contributed by atoms with Gasteiger partial charge in [0.25, 0.3) is 0 Å². The first kappa shape index (κ1) is 15.3. The van der Waals surface area contributed by atoms with Gasteiger partial charge in [0.15, 0.2) is 0 Å². The molecule has 1 aliphatic rings. The SMILES string of the molecule is CC(C)(C)C1CCC(CO)(Nc2cccc(F)c2)CC1. The zero-order valence-electron chi connectivity index (χ0n) is 12.7. The van der Waals surface area contributed by atoms with Crippen molar-refractivity contribution in [1.29, 1.82) is 0 Å². The zero-order chi connectivity index (χ0) is 14.8. The Hall–Kier alpha value is -1.09. The van der Waals surface area contributed by atoms with E-state index in [1.54, 1.807) is 6.07 Å². The molecule has 1 aromatic rings. The first-order chi connectivity index (χ1) is 9.35. The van der Waals surface area contributed by atoms with Crippen molar-refractivity contribution in [1.82, 2.24) is 0 Å². The standard InChI is InChI=1S/C17H26FNO/c1-16(2,3)13-7-9-17(12-20,10-8-13)19-15-6-4-5-14(18)11-15/h4-6,11,13,19-20H,7-10,12H2,1-3H3. The molecule has 2 nitrogen and oxygen atoms in total. The first-order valence-corrected chi connectivity index (χ1v) is 7.49. The van der Waals surface area contributed by atoms with Crippen LogP contribution in [-0.2, 0) is 0 Å². The van der Waals surface area contributed by atoms with E-state index in [4.69, 9.17) is 0 Å². The van der Waals surface area contributed by atoms with E-state index in [0.29, 0.717) is 11.3 Å². The molecule has 0 bridgehead atoms. The third-order valence-electron chi connectivity index (χ3n) is 4.70. The molecular weight excluding hydrogens is 253 g/mol. The van der Waals surface area contributed by atoms with Gasteiger partial charge in [0.1, 0.15) is 5.82 Å². The number of aliphatic hydroxyl groups excluding tert-OH is 1. The van der Waals surface area contributed by atoms with E-state index in [0.717, 1.165) is 31.4 Å². The average Bonchev–Trinajstić information content (AvgIpc) is 2.38. The normalized spacial score (nSPS) is 27.4. The molecule has 1 aromatic carbocycles. The minimum atomic E-state index is -0.296. The summed E-state index contributed by atoms with van der Waals surface area (Å²) < 4.78 is 13.3. The van der Waals surface area contributed by atoms with Gasteiger partial charge in [-0.05, 0) is 55.2 Å². The summed E-state index contributed by atoms with van der Waals surface area (Å²) in [6.07, 6.45) is 4.07. The molecule has 0 radical (unpaired) electrons. The first-order valence-electron chi connectivity index (χ1n) is 7.49. The number of nitrogens with one attached hydrogen (secondary N) is 1. The van der Waals surface area contributed by atoms with Crippen LogP contribution in [0, 0.1) is 17.2 Å². The Labute approximate surface area is 121 Å². The van der Waals surface area contributed by atoms with Gasteiger partial charge in [-0.3, -0.25) is 0 Å². The van der Waals surface area contributed by atoms with Crippen molar-refractivity contribution in [3.63, 3.8) is 0 Å². The molecule has 2 N–H and O–H groups in total. The summed E-state index contributed by atoms with van der Waals surface area (Å²) >= 11 is 0. The van der Waals surface area contributed by atoms with Gasteiger partial charge >= 0.3 is 0 Å². The molecule has 0 aliphatic heterocycles. The van der Waals surface area contributed by atoms with Crippen LogP contribution in [0.1, 0.15) is 46.5 Å². The second-order valence-corrected chi connectivity index (χ2v) is 7.21. The van der Waals surface area contributed by atoms with Gasteiger partial charge in [-0.2, -0.15) is 0 Å². The predicted molar refractivity (Wildman–Crippen MR) is 81.3 cm³/mol. The Balaban J connectivity index is 2.05. The van der Waals surface area contributed by atoms with Crippen LogP contribution >= 0.6 is 0 Å². The minimum Gasteiger partial charge on any atom is -0.394 e. The van der Waals surface area contributed by atoms with Gasteiger partial charge in [-0.1, -0.05) is 26.8 Å². The molecular formula is C17H26FNO. The van der Waals surface area contributed by atoms with E-state index in [-0.39, 0.29) is 18.0 Å². The van der Waals surface area contributed by atoms with Crippen LogP contribution in [0.2, 0.25) is 0 Å². The van der Waals surface area contributed by atoms with Crippen molar-refractivity contribution >= 4 is 5.69 Å². The topological polar surface area (TPSA) is 32.3 Å². The summed E-state index contributed by atoms with van der Waals surface area (Å²) in [6.45, 7) is 6.94. The molecule has 1 saturated carbocycles. The average molecular weight is 279 g/mol. The Morgan fingerprint density at radius 3 is 2.45 bits per heavy atom. The molecule has 0 unspecified atom stereocenters. The van der Waals surface area contributed by atoms with Crippen molar-refractivity contribution in [2.45, 2.75) is 52.0 Å². The summed E-state index contributed by atoms with van der Waals surface area (Å²) in [6, 6.07) is 6.49. The van der Waals surface area contributed by atoms with Crippen molar-refractivity contribution in [2.75, 3.05) is 11.9 Å². The third kappa shape index (κ3) is 3.51. The Morgan fingerprint density at radius 2 is 1.95 bits per heavy atom. The molecule has 112 valence electrons. The van der Waals surface area contributed by atoms with Gasteiger partial charge in [0.05, 0.1) is 12.1 Å². The Morgan fingerprint density at radius 1 is 1.30 bits per heavy atom. The van der Waals surface area contributed by atoms with Crippen LogP contribution in [0.15, 0.2) is 24.3 Å². The van der Waals surface area contributed by atoms with E-state index in [1.165, 1.54) is 12.1 Å². The highest BCUT2D eigenvalue weighted by molar-refractivity contribution is 5.46. The highest BCUT2D eigenvalue weighted by Crippen LogP contribution is 2.42. The number of hydrogen-bond donors (Lipinski definition) is 2. The van der Waals surface area contributed by atoms with Crippen LogP contribution in [0.4, 0.5) is 10.1 Å². The third-order valence-corrected chi connectivity index (χ3v) is 4.70. The van der Waals surface area contributed by atoms with Gasteiger partial charge in [-0.25, -0.2) is 4.39 Å². The molecule has 0 saturated heterocycles. The molecule has 0 heterocycles. The molecule has 1 fully saturated rings. The van der Waals surface area contributed by atoms with E-state index < -0.39 is 0 Å². The lowest BCUT2D eigenvalue weighted by Crippen LogP contribution is -2.46. The zero-order valence-corrected chi connectivity index (χ0v) is 12.7. The number of anilines is 1. The quantitative estimate of drug-likeness (QED) is 0.869. The van der Waals surface area contributed by atoms with E-state index >= 15 is 0 Å². The number of hydrogen-bond acceptors (Lipinski definition) is 2. The maximum absolute atomic E-state index is 13.3. The lowest BCUT2D eigenvalue weighted by Gasteiger charge is -2.44. The summed E-state index contributed by atoms with van der Waals surface area (Å²) in [7, 11) is 0. The lowest BCUT2D eigenvalue weighted by molar-refractivity contribution is 0.104. The molecule has 20 heavy (non-hydrogen) atoms. The van der Waals surface area contributed by atoms with Gasteiger partial charge in [-0.15, -0.1) is 0 Å². The fourth-order valence-electron chi connectivity index (χ4n) is 3.23. The molecule has 1 aliphatic carbocycles. The van der Waals surface area contributed by atoms with Crippen LogP contribution in [-0.4, -0.2) is 17.3 Å². The number of rotatable bonds is 3. The van der Waals surface area contributed by atoms with E-state index in [1.807, 2.05) is 6.07 Å². The number of halogens is 1. The van der Waals surface area contributed by atoms with E-state index in [9.17, 15) is 9.50 Å².